The fourth-order valence-corrected chi connectivity index (χ4v) is 2.93. The first kappa shape index (κ1) is 12.9. The van der Waals surface area contributed by atoms with Crippen LogP contribution >= 0.6 is 0 Å². The van der Waals surface area contributed by atoms with Crippen molar-refractivity contribution in [2.24, 2.45) is 0 Å². The highest BCUT2D eigenvalue weighted by Crippen LogP contribution is 2.33. The number of hydrogen-bond donors (Lipinski definition) is 2. The van der Waals surface area contributed by atoms with Crippen LogP contribution in [0.4, 0.5) is 0 Å². The summed E-state index contributed by atoms with van der Waals surface area (Å²) in [5.41, 5.74) is 4.97. The molecule has 0 amide bonds. The van der Waals surface area contributed by atoms with Crippen LogP contribution in [0.2, 0.25) is 0 Å². The summed E-state index contributed by atoms with van der Waals surface area (Å²) in [5.74, 6) is 0.233. The van der Waals surface area contributed by atoms with Crippen LogP contribution in [0, 0.1) is 6.92 Å². The molecular formula is C18H19NO. The van der Waals surface area contributed by atoms with Gasteiger partial charge in [-0.15, -0.1) is 0 Å². The highest BCUT2D eigenvalue weighted by atomic mass is 16.3. The van der Waals surface area contributed by atoms with E-state index < -0.39 is 0 Å². The molecule has 102 valence electrons. The Bertz CT molecular complexity index is 700. The lowest BCUT2D eigenvalue weighted by Crippen LogP contribution is -2.03. The van der Waals surface area contributed by atoms with Crippen LogP contribution in [-0.2, 0) is 0 Å². The molecule has 1 aromatic heterocycles. The predicted octanol–water partition coefficient (Wildman–Crippen LogP) is 3.99. The number of fused-ring (bicyclic) bond motifs is 1. The summed E-state index contributed by atoms with van der Waals surface area (Å²) < 4.78 is 0. The van der Waals surface area contributed by atoms with Crippen LogP contribution in [0.1, 0.15) is 29.0 Å². The normalized spacial score (nSPS) is 12.7. The van der Waals surface area contributed by atoms with Crippen LogP contribution in [0.3, 0.4) is 0 Å². The molecule has 0 aliphatic carbocycles. The third kappa shape index (κ3) is 2.23. The monoisotopic (exact) mass is 265 g/mol. The summed E-state index contributed by atoms with van der Waals surface area (Å²) >= 11 is 0. The van der Waals surface area contributed by atoms with Gasteiger partial charge in [-0.05, 0) is 30.0 Å². The minimum absolute atomic E-state index is 0.193. The van der Waals surface area contributed by atoms with E-state index in [2.05, 4.69) is 60.6 Å². The van der Waals surface area contributed by atoms with Gasteiger partial charge in [0.05, 0.1) is 0 Å². The summed E-state index contributed by atoms with van der Waals surface area (Å²) in [4.78, 5) is 3.38. The zero-order valence-corrected chi connectivity index (χ0v) is 11.6. The molecule has 2 nitrogen and oxygen atoms in total. The molecule has 3 aromatic rings. The lowest BCUT2D eigenvalue weighted by Gasteiger charge is -2.16. The number of hydrogen-bond acceptors (Lipinski definition) is 1. The third-order valence-electron chi connectivity index (χ3n) is 3.95. The molecule has 0 aliphatic heterocycles. The maximum Gasteiger partial charge on any atom is 0.0486 e. The van der Waals surface area contributed by atoms with Gasteiger partial charge in [0.15, 0.2) is 0 Å². The van der Waals surface area contributed by atoms with Crippen LogP contribution in [0.5, 0.6) is 0 Å². The summed E-state index contributed by atoms with van der Waals surface area (Å²) in [7, 11) is 0. The van der Waals surface area contributed by atoms with Gasteiger partial charge in [0, 0.05) is 29.6 Å². The molecule has 20 heavy (non-hydrogen) atoms. The molecule has 3 rings (SSSR count). The highest BCUT2D eigenvalue weighted by molar-refractivity contribution is 5.86. The van der Waals surface area contributed by atoms with Gasteiger partial charge in [-0.2, -0.15) is 0 Å². The van der Waals surface area contributed by atoms with Gasteiger partial charge < -0.3 is 10.1 Å². The molecule has 2 heteroatoms. The first-order valence-electron chi connectivity index (χ1n) is 7.03. The Kier molecular flexibility index (Phi) is 3.57. The molecule has 0 bridgehead atoms. The Labute approximate surface area is 119 Å². The van der Waals surface area contributed by atoms with Crippen LogP contribution in [0.15, 0.2) is 54.7 Å². The second-order valence-electron chi connectivity index (χ2n) is 5.22. The number of para-hydroxylation sites is 1. The molecule has 0 saturated carbocycles. The summed E-state index contributed by atoms with van der Waals surface area (Å²) in [6.07, 6.45) is 2.83. The number of aliphatic hydroxyl groups is 1. The molecular weight excluding hydrogens is 246 g/mol. The molecule has 0 aliphatic rings. The van der Waals surface area contributed by atoms with Gasteiger partial charge >= 0.3 is 0 Å². The van der Waals surface area contributed by atoms with Crippen LogP contribution in [-0.4, -0.2) is 16.7 Å². The van der Waals surface area contributed by atoms with E-state index in [0.717, 1.165) is 6.42 Å². The van der Waals surface area contributed by atoms with E-state index in [1.54, 1.807) is 0 Å². The molecule has 1 atom stereocenters. The van der Waals surface area contributed by atoms with E-state index in [1.165, 1.54) is 27.6 Å². The molecule has 0 radical (unpaired) electrons. The van der Waals surface area contributed by atoms with E-state index in [9.17, 15) is 5.11 Å². The van der Waals surface area contributed by atoms with Crippen molar-refractivity contribution in [1.29, 1.82) is 0 Å². The molecule has 1 unspecified atom stereocenters. The summed E-state index contributed by atoms with van der Waals surface area (Å²) in [6.45, 7) is 2.31. The number of aromatic amines is 1. The fraction of sp³-hybridized carbons (Fsp3) is 0.222. The van der Waals surface area contributed by atoms with E-state index in [1.807, 2.05) is 6.07 Å². The first-order chi connectivity index (χ1) is 9.81. The minimum Gasteiger partial charge on any atom is -0.396 e. The van der Waals surface area contributed by atoms with Crippen molar-refractivity contribution in [2.45, 2.75) is 19.3 Å². The van der Waals surface area contributed by atoms with Crippen molar-refractivity contribution in [2.75, 3.05) is 6.61 Å². The standard InChI is InChI=1S/C18H19NO/c1-13-6-5-9-16-17(12-19-18(13)16)15(10-11-20)14-7-3-2-4-8-14/h2-9,12,15,19-20H,10-11H2,1H3. The van der Waals surface area contributed by atoms with E-state index >= 15 is 0 Å². The van der Waals surface area contributed by atoms with E-state index in [0.29, 0.717) is 0 Å². The Morgan fingerprint density at radius 1 is 1.05 bits per heavy atom. The Balaban J connectivity index is 2.13. The number of nitrogens with one attached hydrogen (secondary N) is 1. The topological polar surface area (TPSA) is 36.0 Å². The molecule has 2 aromatic carbocycles. The van der Waals surface area contributed by atoms with Crippen molar-refractivity contribution in [1.82, 2.24) is 4.98 Å². The maximum absolute atomic E-state index is 9.41. The van der Waals surface area contributed by atoms with Crippen molar-refractivity contribution >= 4 is 10.9 Å². The average molecular weight is 265 g/mol. The van der Waals surface area contributed by atoms with Crippen molar-refractivity contribution in [3.05, 3.63) is 71.4 Å². The lowest BCUT2D eigenvalue weighted by atomic mass is 9.88. The molecule has 0 saturated heterocycles. The molecule has 0 spiro atoms. The summed E-state index contributed by atoms with van der Waals surface area (Å²) in [5, 5.41) is 10.7. The van der Waals surface area contributed by atoms with Gasteiger partial charge in [0.1, 0.15) is 0 Å². The number of H-pyrrole nitrogens is 1. The maximum atomic E-state index is 9.41. The second kappa shape index (κ2) is 5.51. The minimum atomic E-state index is 0.193. The van der Waals surface area contributed by atoms with E-state index in [4.69, 9.17) is 0 Å². The highest BCUT2D eigenvalue weighted by Gasteiger charge is 2.17. The molecule has 0 fully saturated rings. The summed E-state index contributed by atoms with van der Waals surface area (Å²) in [6, 6.07) is 16.8. The Morgan fingerprint density at radius 2 is 1.85 bits per heavy atom. The number of aryl methyl sites for hydroxylation is 1. The number of aromatic nitrogens is 1. The predicted molar refractivity (Wildman–Crippen MR) is 83.0 cm³/mol. The quantitative estimate of drug-likeness (QED) is 0.735. The number of aliphatic hydroxyl groups excluding tert-OH is 1. The van der Waals surface area contributed by atoms with Crippen molar-refractivity contribution < 1.29 is 5.11 Å². The second-order valence-corrected chi connectivity index (χ2v) is 5.22. The molecule has 2 N–H and O–H groups in total. The van der Waals surface area contributed by atoms with Crippen molar-refractivity contribution in [3.63, 3.8) is 0 Å². The van der Waals surface area contributed by atoms with Crippen molar-refractivity contribution in [3.8, 4) is 0 Å². The smallest absolute Gasteiger partial charge is 0.0486 e. The number of benzene rings is 2. The number of rotatable bonds is 4. The van der Waals surface area contributed by atoms with E-state index in [-0.39, 0.29) is 12.5 Å². The van der Waals surface area contributed by atoms with Gasteiger partial charge in [-0.25, -0.2) is 0 Å². The Morgan fingerprint density at radius 3 is 2.60 bits per heavy atom. The fourth-order valence-electron chi connectivity index (χ4n) is 2.93. The first-order valence-corrected chi connectivity index (χ1v) is 7.03. The average Bonchev–Trinajstić information content (AvgIpc) is 2.91. The van der Waals surface area contributed by atoms with Crippen LogP contribution < -0.4 is 0 Å². The zero-order valence-electron chi connectivity index (χ0n) is 11.6. The lowest BCUT2D eigenvalue weighted by molar-refractivity contribution is 0.282. The Hall–Kier alpha value is -2.06. The SMILES string of the molecule is Cc1cccc2c(C(CCO)c3ccccc3)c[nH]c12. The molecule has 1 heterocycles. The van der Waals surface area contributed by atoms with Gasteiger partial charge in [0.2, 0.25) is 0 Å². The van der Waals surface area contributed by atoms with Gasteiger partial charge in [-0.1, -0.05) is 48.5 Å². The zero-order chi connectivity index (χ0) is 13.9. The van der Waals surface area contributed by atoms with Gasteiger partial charge in [0.25, 0.3) is 0 Å². The third-order valence-corrected chi connectivity index (χ3v) is 3.95. The van der Waals surface area contributed by atoms with Gasteiger partial charge in [-0.3, -0.25) is 0 Å². The van der Waals surface area contributed by atoms with Crippen LogP contribution in [0.25, 0.3) is 10.9 Å². The largest absolute Gasteiger partial charge is 0.396 e.